The van der Waals surface area contributed by atoms with Crippen LogP contribution < -0.4 is 14.4 Å². The smallest absolute Gasteiger partial charge is 0.507 e. The summed E-state index contributed by atoms with van der Waals surface area (Å²) >= 11 is 0. The molecule has 1 fully saturated rings. The number of ether oxygens (including phenoxy) is 2. The van der Waals surface area contributed by atoms with Crippen molar-refractivity contribution in [3.05, 3.63) is 95.1 Å². The van der Waals surface area contributed by atoms with Gasteiger partial charge in [-0.3, -0.25) is 14.5 Å². The second-order valence-electron chi connectivity index (χ2n) is 7.86. The zero-order chi connectivity index (χ0) is 25.3. The summed E-state index contributed by atoms with van der Waals surface area (Å²) in [6.45, 7) is 1.83. The average Bonchev–Trinajstić information content (AvgIpc) is 3.08. The molecular formula is C26H20F3NO5. The van der Waals surface area contributed by atoms with Crippen molar-refractivity contribution in [2.24, 2.45) is 0 Å². The summed E-state index contributed by atoms with van der Waals surface area (Å²) < 4.78 is 46.8. The molecule has 1 amide bonds. The standard InChI is InChI=1S/C26H20F3NO5/c1-15-5-3-6-16(13-15)22-21(23(31)17-7-4-8-20(14-17)34-2)24(32)25(33)30(22)18-9-11-19(12-10-18)35-26(27,28)29/h3-14,22,31H,1-2H3/b23-21-. The number of amides is 1. The number of benzene rings is 3. The number of hydrogen-bond acceptors (Lipinski definition) is 5. The zero-order valence-corrected chi connectivity index (χ0v) is 18.7. The van der Waals surface area contributed by atoms with E-state index in [4.69, 9.17) is 4.74 Å². The van der Waals surface area contributed by atoms with Gasteiger partial charge in [0.1, 0.15) is 17.3 Å². The van der Waals surface area contributed by atoms with Crippen LogP contribution in [0.25, 0.3) is 5.76 Å². The van der Waals surface area contributed by atoms with Gasteiger partial charge in [0, 0.05) is 11.3 Å². The number of nitrogens with zero attached hydrogens (tertiary/aromatic N) is 1. The highest BCUT2D eigenvalue weighted by molar-refractivity contribution is 6.51. The van der Waals surface area contributed by atoms with Gasteiger partial charge in [0.15, 0.2) is 0 Å². The van der Waals surface area contributed by atoms with E-state index < -0.39 is 35.6 Å². The number of methoxy groups -OCH3 is 1. The molecule has 1 heterocycles. The molecule has 0 bridgehead atoms. The number of anilines is 1. The molecule has 180 valence electrons. The lowest BCUT2D eigenvalue weighted by atomic mass is 9.94. The summed E-state index contributed by atoms with van der Waals surface area (Å²) in [5.41, 5.74) is 1.68. The van der Waals surface area contributed by atoms with Crippen molar-refractivity contribution in [3.63, 3.8) is 0 Å². The molecule has 1 atom stereocenters. The minimum Gasteiger partial charge on any atom is -0.507 e. The molecule has 4 rings (SSSR count). The third-order valence-corrected chi connectivity index (χ3v) is 5.49. The summed E-state index contributed by atoms with van der Waals surface area (Å²) in [6.07, 6.45) is -4.87. The number of aliphatic hydroxyl groups excluding tert-OH is 1. The predicted molar refractivity (Wildman–Crippen MR) is 122 cm³/mol. The monoisotopic (exact) mass is 483 g/mol. The van der Waals surface area contributed by atoms with Gasteiger partial charge < -0.3 is 14.6 Å². The molecule has 1 N–H and O–H groups in total. The Morgan fingerprint density at radius 1 is 0.943 bits per heavy atom. The molecule has 0 aromatic heterocycles. The molecule has 1 aliphatic rings. The first-order valence-corrected chi connectivity index (χ1v) is 10.5. The SMILES string of the molecule is COc1cccc(/C(O)=C2/C(=O)C(=O)N(c3ccc(OC(F)(F)F)cc3)C2c2cccc(C)c2)c1. The maximum Gasteiger partial charge on any atom is 0.573 e. The van der Waals surface area contributed by atoms with Crippen LogP contribution in [0.15, 0.2) is 78.4 Å². The molecule has 35 heavy (non-hydrogen) atoms. The van der Waals surface area contributed by atoms with E-state index in [-0.39, 0.29) is 16.8 Å². The van der Waals surface area contributed by atoms with Crippen LogP contribution in [0.5, 0.6) is 11.5 Å². The minimum absolute atomic E-state index is 0.149. The predicted octanol–water partition coefficient (Wildman–Crippen LogP) is 5.53. The fourth-order valence-electron chi connectivity index (χ4n) is 3.99. The molecule has 3 aromatic rings. The van der Waals surface area contributed by atoms with E-state index in [2.05, 4.69) is 4.74 Å². The van der Waals surface area contributed by atoms with E-state index in [1.54, 1.807) is 36.4 Å². The van der Waals surface area contributed by atoms with Crippen LogP contribution in [0.3, 0.4) is 0 Å². The van der Waals surface area contributed by atoms with E-state index >= 15 is 0 Å². The van der Waals surface area contributed by atoms with Gasteiger partial charge >= 0.3 is 6.36 Å². The maximum atomic E-state index is 13.2. The molecule has 6 nitrogen and oxygen atoms in total. The van der Waals surface area contributed by atoms with Crippen LogP contribution in [0.4, 0.5) is 18.9 Å². The van der Waals surface area contributed by atoms with Gasteiger partial charge in [-0.2, -0.15) is 0 Å². The van der Waals surface area contributed by atoms with Crippen molar-refractivity contribution >= 4 is 23.1 Å². The molecule has 0 spiro atoms. The second-order valence-corrected chi connectivity index (χ2v) is 7.86. The van der Waals surface area contributed by atoms with Gasteiger partial charge in [-0.1, -0.05) is 42.0 Å². The number of carbonyl (C=O) groups is 2. The van der Waals surface area contributed by atoms with Crippen molar-refractivity contribution < 1.29 is 37.3 Å². The molecular weight excluding hydrogens is 463 g/mol. The normalized spacial score (nSPS) is 17.5. The largest absolute Gasteiger partial charge is 0.573 e. The number of ketones is 1. The zero-order valence-electron chi connectivity index (χ0n) is 18.7. The van der Waals surface area contributed by atoms with E-state index in [1.807, 2.05) is 13.0 Å². The summed E-state index contributed by atoms with van der Waals surface area (Å²) in [6, 6.07) is 17.0. The first-order valence-electron chi connectivity index (χ1n) is 10.5. The molecule has 0 aliphatic carbocycles. The fraction of sp³-hybridized carbons (Fsp3) is 0.154. The van der Waals surface area contributed by atoms with Gasteiger partial charge in [-0.05, 0) is 48.9 Å². The van der Waals surface area contributed by atoms with Crippen LogP contribution in [0.1, 0.15) is 22.7 Å². The summed E-state index contributed by atoms with van der Waals surface area (Å²) in [4.78, 5) is 27.5. The molecule has 3 aromatic carbocycles. The Balaban J connectivity index is 1.86. The lowest BCUT2D eigenvalue weighted by Gasteiger charge is -2.26. The molecule has 1 aliphatic heterocycles. The average molecular weight is 483 g/mol. The number of halogens is 3. The van der Waals surface area contributed by atoms with E-state index in [0.29, 0.717) is 11.3 Å². The lowest BCUT2D eigenvalue weighted by Crippen LogP contribution is -2.29. The van der Waals surface area contributed by atoms with Gasteiger partial charge in [0.25, 0.3) is 11.7 Å². The second kappa shape index (κ2) is 9.17. The van der Waals surface area contributed by atoms with E-state index in [9.17, 15) is 27.9 Å². The number of hydrogen-bond donors (Lipinski definition) is 1. The third kappa shape index (κ3) is 4.84. The number of aliphatic hydroxyl groups is 1. The highest BCUT2D eigenvalue weighted by Gasteiger charge is 2.47. The highest BCUT2D eigenvalue weighted by atomic mass is 19.4. The number of aryl methyl sites for hydroxylation is 1. The fourth-order valence-corrected chi connectivity index (χ4v) is 3.99. The molecule has 1 saturated heterocycles. The Morgan fingerprint density at radius 3 is 2.26 bits per heavy atom. The van der Waals surface area contributed by atoms with Crippen molar-refractivity contribution in [1.82, 2.24) is 0 Å². The number of alkyl halides is 3. The quantitative estimate of drug-likeness (QED) is 0.294. The maximum absolute atomic E-state index is 13.2. The summed E-state index contributed by atoms with van der Waals surface area (Å²) in [7, 11) is 1.46. The van der Waals surface area contributed by atoms with Gasteiger partial charge in [0.2, 0.25) is 0 Å². The Kier molecular flexibility index (Phi) is 6.26. The molecule has 1 unspecified atom stereocenters. The number of carbonyl (C=O) groups excluding carboxylic acids is 2. The van der Waals surface area contributed by atoms with Gasteiger partial charge in [-0.25, -0.2) is 0 Å². The topological polar surface area (TPSA) is 76.1 Å². The number of Topliss-reactive ketones (excluding diaryl/α,β-unsaturated/α-hetero) is 1. The van der Waals surface area contributed by atoms with Gasteiger partial charge in [0.05, 0.1) is 18.7 Å². The van der Waals surface area contributed by atoms with Crippen LogP contribution in [0, 0.1) is 6.92 Å². The Bertz CT molecular complexity index is 1320. The Hall–Kier alpha value is -4.27. The van der Waals surface area contributed by atoms with Crippen LogP contribution >= 0.6 is 0 Å². The third-order valence-electron chi connectivity index (χ3n) is 5.49. The highest BCUT2D eigenvalue weighted by Crippen LogP contribution is 2.43. The van der Waals surface area contributed by atoms with Crippen molar-refractivity contribution in [2.75, 3.05) is 12.0 Å². The summed E-state index contributed by atoms with van der Waals surface area (Å²) in [5, 5.41) is 11.1. The molecule has 9 heteroatoms. The summed E-state index contributed by atoms with van der Waals surface area (Å²) in [5.74, 6) is -2.27. The number of rotatable bonds is 5. The lowest BCUT2D eigenvalue weighted by molar-refractivity contribution is -0.274. The van der Waals surface area contributed by atoms with Crippen molar-refractivity contribution in [3.8, 4) is 11.5 Å². The van der Waals surface area contributed by atoms with E-state index in [0.717, 1.165) is 22.6 Å². The first kappa shape index (κ1) is 23.9. The van der Waals surface area contributed by atoms with Crippen LogP contribution in [0.2, 0.25) is 0 Å². The van der Waals surface area contributed by atoms with Crippen molar-refractivity contribution in [2.45, 2.75) is 19.3 Å². The Morgan fingerprint density at radius 2 is 1.63 bits per heavy atom. The van der Waals surface area contributed by atoms with Crippen LogP contribution in [-0.4, -0.2) is 30.3 Å². The molecule has 0 saturated carbocycles. The van der Waals surface area contributed by atoms with E-state index in [1.165, 1.54) is 25.3 Å². The molecule has 0 radical (unpaired) electrons. The first-order chi connectivity index (χ1) is 16.6. The van der Waals surface area contributed by atoms with Gasteiger partial charge in [-0.15, -0.1) is 13.2 Å². The van der Waals surface area contributed by atoms with Crippen molar-refractivity contribution in [1.29, 1.82) is 0 Å². The minimum atomic E-state index is -4.87. The Labute approximate surface area is 198 Å². The van der Waals surface area contributed by atoms with Crippen LogP contribution in [-0.2, 0) is 9.59 Å².